The van der Waals surface area contributed by atoms with Crippen molar-refractivity contribution in [2.75, 3.05) is 12.4 Å². The van der Waals surface area contributed by atoms with Crippen molar-refractivity contribution in [2.24, 2.45) is 0 Å². The predicted molar refractivity (Wildman–Crippen MR) is 132 cm³/mol. The Balaban J connectivity index is 1.70. The van der Waals surface area contributed by atoms with Crippen molar-refractivity contribution in [3.63, 3.8) is 0 Å². The molecule has 0 radical (unpaired) electrons. The second-order valence-corrected chi connectivity index (χ2v) is 8.80. The summed E-state index contributed by atoms with van der Waals surface area (Å²) in [5.41, 5.74) is 0.338. The third kappa shape index (κ3) is 5.42. The molecule has 184 valence electrons. The average Bonchev–Trinajstić information content (AvgIpc) is 3.35. The monoisotopic (exact) mass is 509 g/mol. The van der Waals surface area contributed by atoms with Crippen LogP contribution in [0.4, 0.5) is 14.5 Å². The van der Waals surface area contributed by atoms with Crippen molar-refractivity contribution < 1.29 is 18.4 Å². The van der Waals surface area contributed by atoms with E-state index in [9.17, 15) is 23.2 Å². The van der Waals surface area contributed by atoms with E-state index in [1.54, 1.807) is 19.4 Å². The summed E-state index contributed by atoms with van der Waals surface area (Å²) in [7, 11) is 1.62. The van der Waals surface area contributed by atoms with E-state index in [1.807, 2.05) is 0 Å². The van der Waals surface area contributed by atoms with E-state index < -0.39 is 29.1 Å². The zero-order valence-electron chi connectivity index (χ0n) is 19.3. The molecule has 0 saturated carbocycles. The van der Waals surface area contributed by atoms with Gasteiger partial charge in [-0.05, 0) is 62.5 Å². The van der Waals surface area contributed by atoms with E-state index in [1.165, 1.54) is 59.3 Å². The molecule has 2 N–H and O–H groups in total. The van der Waals surface area contributed by atoms with Gasteiger partial charge in [-0.15, -0.1) is 11.3 Å². The molecule has 0 aliphatic heterocycles. The van der Waals surface area contributed by atoms with Crippen molar-refractivity contribution >= 4 is 28.7 Å². The fraction of sp³-hybridized carbons (Fsp3) is 0.160. The smallest absolute Gasteiger partial charge is 0.277 e. The molecule has 4 aromatic rings. The van der Waals surface area contributed by atoms with Gasteiger partial charge in [-0.3, -0.25) is 19.0 Å². The Morgan fingerprint density at radius 3 is 2.33 bits per heavy atom. The topological polar surface area (TPSA) is 106 Å². The molecule has 4 rings (SSSR count). The Bertz CT molecular complexity index is 1470. The molecule has 1 unspecified atom stereocenters. The van der Waals surface area contributed by atoms with Gasteiger partial charge >= 0.3 is 0 Å². The Morgan fingerprint density at radius 1 is 1.06 bits per heavy atom. The van der Waals surface area contributed by atoms with Gasteiger partial charge in [0.2, 0.25) is 11.7 Å². The number of thiazole rings is 1. The molecule has 1 atom stereocenters. The number of halogens is 2. The van der Waals surface area contributed by atoms with Gasteiger partial charge in [0.15, 0.2) is 0 Å². The molecule has 36 heavy (non-hydrogen) atoms. The van der Waals surface area contributed by atoms with Gasteiger partial charge in [-0.1, -0.05) is 0 Å². The number of hydrogen-bond acceptors (Lipinski definition) is 7. The van der Waals surface area contributed by atoms with Gasteiger partial charge in [-0.2, -0.15) is 0 Å². The number of likely N-dealkylation sites (N-methyl/N-ethyl adjacent to an activating group) is 1. The van der Waals surface area contributed by atoms with E-state index in [4.69, 9.17) is 0 Å². The van der Waals surface area contributed by atoms with Crippen LogP contribution < -0.4 is 16.2 Å². The molecule has 0 aliphatic rings. The molecule has 2 aromatic carbocycles. The van der Waals surface area contributed by atoms with E-state index in [0.717, 1.165) is 11.3 Å². The minimum atomic E-state index is -0.548. The van der Waals surface area contributed by atoms with Crippen LogP contribution in [-0.2, 0) is 11.3 Å². The second kappa shape index (κ2) is 10.7. The molecule has 2 heterocycles. The highest BCUT2D eigenvalue weighted by Crippen LogP contribution is 2.21. The largest absolute Gasteiger partial charge is 0.319 e. The number of rotatable bonds is 8. The van der Waals surface area contributed by atoms with Crippen LogP contribution in [0.2, 0.25) is 0 Å². The summed E-state index contributed by atoms with van der Waals surface area (Å²) in [6, 6.07) is 10.0. The maximum atomic E-state index is 13.5. The number of hydrogen-bond donors (Lipinski definition) is 2. The Kier molecular flexibility index (Phi) is 7.41. The van der Waals surface area contributed by atoms with Crippen molar-refractivity contribution in [2.45, 2.75) is 19.5 Å². The molecule has 0 bridgehead atoms. The lowest BCUT2D eigenvalue weighted by molar-refractivity contribution is -0.117. The highest BCUT2D eigenvalue weighted by molar-refractivity contribution is 7.09. The lowest BCUT2D eigenvalue weighted by Gasteiger charge is -2.15. The van der Waals surface area contributed by atoms with Gasteiger partial charge in [0, 0.05) is 16.5 Å². The number of nitrogens with one attached hydrogen (secondary N) is 2. The first-order valence-corrected chi connectivity index (χ1v) is 11.7. The number of aromatic nitrogens is 3. The average molecular weight is 510 g/mol. The standard InChI is InChI=1S/C25H21F2N5O3S/c1-14(28-2)24(34)31-19-11-29-23(16-5-9-18(27)10-6-16)32(25(19)35)12-21-30-20(13-36-21)22(33)15-3-7-17(26)8-4-15/h3-11,13-14,28H,12H2,1-2H3,(H,31,34). The number of anilines is 1. The first-order valence-electron chi connectivity index (χ1n) is 10.9. The molecule has 0 saturated heterocycles. The van der Waals surface area contributed by atoms with Crippen LogP contribution in [0, 0.1) is 11.6 Å². The summed E-state index contributed by atoms with van der Waals surface area (Å²) in [5, 5.41) is 7.34. The zero-order chi connectivity index (χ0) is 25.8. The lowest BCUT2D eigenvalue weighted by Crippen LogP contribution is -2.38. The molecular formula is C25H21F2N5O3S. The van der Waals surface area contributed by atoms with Gasteiger partial charge in [0.05, 0.1) is 18.8 Å². The summed E-state index contributed by atoms with van der Waals surface area (Å²) < 4.78 is 28.0. The summed E-state index contributed by atoms with van der Waals surface area (Å²) in [6.45, 7) is 1.59. The number of ketones is 1. The van der Waals surface area contributed by atoms with E-state index in [2.05, 4.69) is 20.6 Å². The third-order valence-corrected chi connectivity index (χ3v) is 6.25. The van der Waals surface area contributed by atoms with Crippen molar-refractivity contribution in [1.29, 1.82) is 0 Å². The van der Waals surface area contributed by atoms with Gasteiger partial charge in [0.1, 0.15) is 33.8 Å². The number of carbonyl (C=O) groups excluding carboxylic acids is 2. The number of nitrogens with zero attached hydrogens (tertiary/aromatic N) is 3. The van der Waals surface area contributed by atoms with E-state index >= 15 is 0 Å². The predicted octanol–water partition coefficient (Wildman–Crippen LogP) is 3.47. The Hall–Kier alpha value is -4.09. The normalized spacial score (nSPS) is 11.8. The van der Waals surface area contributed by atoms with Crippen LogP contribution in [0.3, 0.4) is 0 Å². The van der Waals surface area contributed by atoms with Gasteiger partial charge in [0.25, 0.3) is 5.56 Å². The summed E-state index contributed by atoms with van der Waals surface area (Å²) >= 11 is 1.16. The fourth-order valence-electron chi connectivity index (χ4n) is 3.30. The zero-order valence-corrected chi connectivity index (χ0v) is 20.1. The van der Waals surface area contributed by atoms with Gasteiger partial charge < -0.3 is 10.6 Å². The van der Waals surface area contributed by atoms with Crippen molar-refractivity contribution in [1.82, 2.24) is 19.9 Å². The number of benzene rings is 2. The lowest BCUT2D eigenvalue weighted by atomic mass is 10.1. The highest BCUT2D eigenvalue weighted by atomic mass is 32.1. The molecule has 0 fully saturated rings. The maximum Gasteiger partial charge on any atom is 0.277 e. The molecule has 1 amide bonds. The molecule has 11 heteroatoms. The minimum absolute atomic E-state index is 0.0351. The first kappa shape index (κ1) is 25.0. The molecular weight excluding hydrogens is 488 g/mol. The summed E-state index contributed by atoms with van der Waals surface area (Å²) in [5.74, 6) is -1.47. The summed E-state index contributed by atoms with van der Waals surface area (Å²) in [6.07, 6.45) is 1.25. The molecule has 8 nitrogen and oxygen atoms in total. The van der Waals surface area contributed by atoms with Crippen LogP contribution in [-0.4, -0.2) is 39.3 Å². The number of carbonyl (C=O) groups is 2. The van der Waals surface area contributed by atoms with E-state index in [-0.39, 0.29) is 35.1 Å². The molecule has 0 spiro atoms. The number of amides is 1. The minimum Gasteiger partial charge on any atom is -0.319 e. The molecule has 0 aliphatic carbocycles. The first-order chi connectivity index (χ1) is 17.3. The van der Waals surface area contributed by atoms with Crippen molar-refractivity contribution in [3.05, 3.63) is 98.4 Å². The van der Waals surface area contributed by atoms with Crippen LogP contribution in [0.5, 0.6) is 0 Å². The van der Waals surface area contributed by atoms with Crippen LogP contribution >= 0.6 is 11.3 Å². The third-order valence-electron chi connectivity index (χ3n) is 5.42. The van der Waals surface area contributed by atoms with Crippen LogP contribution in [0.1, 0.15) is 28.0 Å². The fourth-order valence-corrected chi connectivity index (χ4v) is 4.06. The second-order valence-electron chi connectivity index (χ2n) is 7.86. The molecule has 2 aromatic heterocycles. The Morgan fingerprint density at radius 2 is 1.69 bits per heavy atom. The SMILES string of the molecule is CNC(C)C(=O)Nc1cnc(-c2ccc(F)cc2)n(Cc2nc(C(=O)c3ccc(F)cc3)cs2)c1=O. The van der Waals surface area contributed by atoms with Crippen molar-refractivity contribution in [3.8, 4) is 11.4 Å². The maximum absolute atomic E-state index is 13.5. The highest BCUT2D eigenvalue weighted by Gasteiger charge is 2.19. The quantitative estimate of drug-likeness (QED) is 0.353. The van der Waals surface area contributed by atoms with E-state index in [0.29, 0.717) is 10.6 Å². The van der Waals surface area contributed by atoms with Gasteiger partial charge in [-0.25, -0.2) is 18.7 Å². The Labute approximate surface area is 208 Å². The van der Waals surface area contributed by atoms with Crippen LogP contribution in [0.15, 0.2) is 64.9 Å². The summed E-state index contributed by atoms with van der Waals surface area (Å²) in [4.78, 5) is 47.1. The van der Waals surface area contributed by atoms with Crippen LogP contribution in [0.25, 0.3) is 11.4 Å².